The van der Waals surface area contributed by atoms with Crippen molar-refractivity contribution in [1.82, 2.24) is 14.9 Å². The van der Waals surface area contributed by atoms with Crippen LogP contribution in [0.4, 0.5) is 0 Å². The SMILES string of the molecule is O=C(NCCc1nc2ccccc2n1CCCOc1ccc(Cl)cc1)c1cccs1. The standard InChI is InChI=1S/C23H22ClN3O2S/c24-17-8-10-18(11-9-17)29-15-4-14-27-20-6-2-1-5-19(20)26-22(27)12-13-25-23(28)21-7-3-16-30-21/h1-3,5-11,16H,4,12-15H2,(H,25,28). The molecule has 0 aliphatic rings. The van der Waals surface area contributed by atoms with E-state index in [2.05, 4.69) is 16.0 Å². The molecule has 0 bridgehead atoms. The van der Waals surface area contributed by atoms with E-state index in [0.29, 0.717) is 24.6 Å². The number of fused-ring (bicyclic) bond motifs is 1. The average molecular weight is 440 g/mol. The van der Waals surface area contributed by atoms with Gasteiger partial charge in [0.1, 0.15) is 11.6 Å². The molecule has 0 spiro atoms. The van der Waals surface area contributed by atoms with Crippen molar-refractivity contribution in [2.45, 2.75) is 19.4 Å². The number of halogens is 1. The van der Waals surface area contributed by atoms with Gasteiger partial charge >= 0.3 is 0 Å². The Bertz CT molecular complexity index is 1110. The zero-order valence-corrected chi connectivity index (χ0v) is 18.0. The molecule has 0 radical (unpaired) electrons. The highest BCUT2D eigenvalue weighted by Gasteiger charge is 2.11. The third-order valence-corrected chi connectivity index (χ3v) is 5.84. The van der Waals surface area contributed by atoms with Crippen LogP contribution in [0, 0.1) is 0 Å². The quantitative estimate of drug-likeness (QED) is 0.365. The van der Waals surface area contributed by atoms with Crippen molar-refractivity contribution >= 4 is 39.9 Å². The Balaban J connectivity index is 1.37. The van der Waals surface area contributed by atoms with E-state index in [1.54, 1.807) is 0 Å². The maximum Gasteiger partial charge on any atom is 0.261 e. The summed E-state index contributed by atoms with van der Waals surface area (Å²) in [6, 6.07) is 19.2. The number of nitrogens with zero attached hydrogens (tertiary/aromatic N) is 2. The number of rotatable bonds is 9. The number of hydrogen-bond donors (Lipinski definition) is 1. The van der Waals surface area contributed by atoms with Crippen molar-refractivity contribution in [3.8, 4) is 5.75 Å². The van der Waals surface area contributed by atoms with Gasteiger partial charge in [-0.2, -0.15) is 0 Å². The molecule has 0 aliphatic heterocycles. The van der Waals surface area contributed by atoms with Crippen molar-refractivity contribution in [1.29, 1.82) is 0 Å². The molecule has 2 aromatic heterocycles. The second-order valence-corrected chi connectivity index (χ2v) is 8.19. The molecule has 5 nitrogen and oxygen atoms in total. The minimum absolute atomic E-state index is 0.0379. The highest BCUT2D eigenvalue weighted by atomic mass is 35.5. The molecule has 0 saturated carbocycles. The Morgan fingerprint density at radius 1 is 1.10 bits per heavy atom. The zero-order chi connectivity index (χ0) is 20.8. The normalized spacial score (nSPS) is 11.0. The first-order valence-electron chi connectivity index (χ1n) is 9.85. The van der Waals surface area contributed by atoms with Crippen LogP contribution in [0.3, 0.4) is 0 Å². The Labute approximate surface area is 184 Å². The summed E-state index contributed by atoms with van der Waals surface area (Å²) in [7, 11) is 0. The maximum atomic E-state index is 12.2. The van der Waals surface area contributed by atoms with E-state index in [-0.39, 0.29) is 5.91 Å². The van der Waals surface area contributed by atoms with Gasteiger partial charge in [0.25, 0.3) is 5.91 Å². The van der Waals surface area contributed by atoms with Crippen LogP contribution in [0.2, 0.25) is 5.02 Å². The van der Waals surface area contributed by atoms with Gasteiger partial charge in [0.2, 0.25) is 0 Å². The van der Waals surface area contributed by atoms with Crippen molar-refractivity contribution in [3.63, 3.8) is 0 Å². The van der Waals surface area contributed by atoms with E-state index in [4.69, 9.17) is 21.3 Å². The first-order valence-corrected chi connectivity index (χ1v) is 11.1. The lowest BCUT2D eigenvalue weighted by atomic mass is 10.3. The van der Waals surface area contributed by atoms with Gasteiger partial charge in [0.05, 0.1) is 22.5 Å². The minimum atomic E-state index is -0.0379. The molecule has 0 atom stereocenters. The largest absolute Gasteiger partial charge is 0.494 e. The molecule has 0 fully saturated rings. The van der Waals surface area contributed by atoms with Crippen LogP contribution in [0.25, 0.3) is 11.0 Å². The van der Waals surface area contributed by atoms with Crippen molar-refractivity contribution in [2.24, 2.45) is 0 Å². The predicted octanol–water partition coefficient (Wildman–Crippen LogP) is 5.19. The minimum Gasteiger partial charge on any atom is -0.494 e. The summed E-state index contributed by atoms with van der Waals surface area (Å²) in [5, 5.41) is 5.58. The van der Waals surface area contributed by atoms with E-state index in [9.17, 15) is 4.79 Å². The number of aryl methyl sites for hydroxylation is 1. The molecule has 4 rings (SSSR count). The molecule has 2 aromatic carbocycles. The number of thiophene rings is 1. The summed E-state index contributed by atoms with van der Waals surface area (Å²) in [6.45, 7) is 1.94. The van der Waals surface area contributed by atoms with Crippen LogP contribution in [-0.2, 0) is 13.0 Å². The molecular weight excluding hydrogens is 418 g/mol. The number of hydrogen-bond acceptors (Lipinski definition) is 4. The Kier molecular flexibility index (Phi) is 6.67. The van der Waals surface area contributed by atoms with E-state index >= 15 is 0 Å². The summed E-state index contributed by atoms with van der Waals surface area (Å²) >= 11 is 7.35. The van der Waals surface area contributed by atoms with E-state index < -0.39 is 0 Å². The Hall–Kier alpha value is -2.83. The zero-order valence-electron chi connectivity index (χ0n) is 16.4. The fraction of sp³-hybridized carbons (Fsp3) is 0.217. The Morgan fingerprint density at radius 2 is 1.93 bits per heavy atom. The number of imidazole rings is 1. The number of aromatic nitrogens is 2. The number of carbonyl (C=O) groups is 1. The topological polar surface area (TPSA) is 56.2 Å². The molecule has 1 amide bonds. The van der Waals surface area contributed by atoms with Gasteiger partial charge in [-0.1, -0.05) is 29.8 Å². The fourth-order valence-electron chi connectivity index (χ4n) is 3.29. The number of carbonyl (C=O) groups excluding carboxylic acids is 1. The van der Waals surface area contributed by atoms with Crippen LogP contribution in [0.5, 0.6) is 5.75 Å². The van der Waals surface area contributed by atoms with E-state index in [1.807, 2.05) is 60.0 Å². The van der Waals surface area contributed by atoms with Crippen LogP contribution in [0.15, 0.2) is 66.0 Å². The third kappa shape index (κ3) is 5.01. The van der Waals surface area contributed by atoms with Gasteiger partial charge in [-0.3, -0.25) is 4.79 Å². The van der Waals surface area contributed by atoms with Crippen LogP contribution >= 0.6 is 22.9 Å². The monoisotopic (exact) mass is 439 g/mol. The number of benzene rings is 2. The molecule has 7 heteroatoms. The van der Waals surface area contributed by atoms with E-state index in [0.717, 1.165) is 40.5 Å². The molecule has 4 aromatic rings. The van der Waals surface area contributed by atoms with E-state index in [1.165, 1.54) is 11.3 Å². The maximum absolute atomic E-state index is 12.2. The second-order valence-electron chi connectivity index (χ2n) is 6.81. The number of para-hydroxylation sites is 2. The molecule has 2 heterocycles. The summed E-state index contributed by atoms with van der Waals surface area (Å²) in [5.74, 6) is 1.74. The average Bonchev–Trinajstić information content (AvgIpc) is 3.41. The summed E-state index contributed by atoms with van der Waals surface area (Å²) in [4.78, 5) is 17.7. The van der Waals surface area contributed by atoms with Crippen LogP contribution in [-0.4, -0.2) is 28.6 Å². The van der Waals surface area contributed by atoms with Crippen LogP contribution < -0.4 is 10.1 Å². The molecule has 30 heavy (non-hydrogen) atoms. The first kappa shape index (κ1) is 20.4. The van der Waals surface area contributed by atoms with Gasteiger partial charge in [0, 0.05) is 24.5 Å². The predicted molar refractivity (Wildman–Crippen MR) is 122 cm³/mol. The molecular formula is C23H22ClN3O2S. The summed E-state index contributed by atoms with van der Waals surface area (Å²) in [6.07, 6.45) is 1.52. The highest BCUT2D eigenvalue weighted by Crippen LogP contribution is 2.18. The lowest BCUT2D eigenvalue weighted by Crippen LogP contribution is -2.25. The highest BCUT2D eigenvalue weighted by molar-refractivity contribution is 7.12. The molecule has 1 N–H and O–H groups in total. The van der Waals surface area contributed by atoms with Crippen molar-refractivity contribution in [2.75, 3.05) is 13.2 Å². The van der Waals surface area contributed by atoms with Gasteiger partial charge in [-0.15, -0.1) is 11.3 Å². The third-order valence-electron chi connectivity index (χ3n) is 4.72. The first-order chi connectivity index (χ1) is 14.7. The number of nitrogens with one attached hydrogen (secondary N) is 1. The summed E-state index contributed by atoms with van der Waals surface area (Å²) < 4.78 is 8.04. The fourth-order valence-corrected chi connectivity index (χ4v) is 4.06. The van der Waals surface area contributed by atoms with Gasteiger partial charge in [0.15, 0.2) is 0 Å². The van der Waals surface area contributed by atoms with Crippen LogP contribution in [0.1, 0.15) is 21.9 Å². The van der Waals surface area contributed by atoms with Gasteiger partial charge < -0.3 is 14.6 Å². The summed E-state index contributed by atoms with van der Waals surface area (Å²) in [5.41, 5.74) is 2.07. The lowest BCUT2D eigenvalue weighted by Gasteiger charge is -2.11. The second kappa shape index (κ2) is 9.78. The van der Waals surface area contributed by atoms with Gasteiger partial charge in [-0.25, -0.2) is 4.98 Å². The van der Waals surface area contributed by atoms with Crippen molar-refractivity contribution < 1.29 is 9.53 Å². The molecule has 0 saturated heterocycles. The molecule has 154 valence electrons. The Morgan fingerprint density at radius 3 is 2.73 bits per heavy atom. The lowest BCUT2D eigenvalue weighted by molar-refractivity contribution is 0.0958. The number of amides is 1. The smallest absolute Gasteiger partial charge is 0.261 e. The number of ether oxygens (including phenoxy) is 1. The van der Waals surface area contributed by atoms with Gasteiger partial charge in [-0.05, 0) is 54.3 Å². The molecule has 0 aliphatic carbocycles. The molecule has 0 unspecified atom stereocenters. The van der Waals surface area contributed by atoms with Crippen molar-refractivity contribution in [3.05, 3.63) is 81.8 Å².